The molecule has 0 fully saturated rings. The zero-order chi connectivity index (χ0) is 11.8. The minimum absolute atomic E-state index is 0.653. The first-order valence-electron chi connectivity index (χ1n) is 6.55. The lowest BCUT2D eigenvalue weighted by molar-refractivity contribution is 0.365. The molecule has 0 saturated heterocycles. The largest absolute Gasteiger partial charge is 0.314 e. The topological polar surface area (TPSA) is 12.0 Å². The summed E-state index contributed by atoms with van der Waals surface area (Å²) >= 11 is 0. The predicted molar refractivity (Wildman–Crippen MR) is 71.7 cm³/mol. The van der Waals surface area contributed by atoms with Crippen LogP contribution in [0.5, 0.6) is 0 Å². The van der Waals surface area contributed by atoms with Crippen LogP contribution in [0.25, 0.3) is 0 Å². The fraction of sp³-hybridized carbons (Fsp3) is 0.600. The van der Waals surface area contributed by atoms with Crippen molar-refractivity contribution in [1.29, 1.82) is 0 Å². The Morgan fingerprint density at radius 3 is 2.38 bits per heavy atom. The van der Waals surface area contributed by atoms with E-state index in [1.165, 1.54) is 24.8 Å². The number of rotatable bonds is 7. The molecule has 0 radical (unpaired) electrons. The molecule has 1 aromatic carbocycles. The van der Waals surface area contributed by atoms with E-state index in [2.05, 4.69) is 56.4 Å². The second-order valence-electron chi connectivity index (χ2n) is 4.64. The second kappa shape index (κ2) is 7.45. The molecule has 0 amide bonds. The standard InChI is InChI=1S/C15H25N/c1-4-11-16-15(5-2)13(3)12-14-9-7-6-8-10-14/h6-10,13,15-16H,4-5,11-12H2,1-3H3. The Balaban J connectivity index is 2.46. The third-order valence-electron chi connectivity index (χ3n) is 3.18. The Morgan fingerprint density at radius 1 is 1.12 bits per heavy atom. The highest BCUT2D eigenvalue weighted by atomic mass is 14.9. The van der Waals surface area contributed by atoms with Crippen LogP contribution in [-0.2, 0) is 6.42 Å². The van der Waals surface area contributed by atoms with Crippen LogP contribution in [0.2, 0.25) is 0 Å². The van der Waals surface area contributed by atoms with Crippen molar-refractivity contribution in [3.63, 3.8) is 0 Å². The molecule has 90 valence electrons. The molecule has 0 spiro atoms. The molecule has 0 aromatic heterocycles. The van der Waals surface area contributed by atoms with E-state index in [1.54, 1.807) is 0 Å². The maximum Gasteiger partial charge on any atom is 0.00932 e. The highest BCUT2D eigenvalue weighted by Crippen LogP contribution is 2.14. The van der Waals surface area contributed by atoms with Crippen molar-refractivity contribution in [3.8, 4) is 0 Å². The van der Waals surface area contributed by atoms with Crippen molar-refractivity contribution in [2.24, 2.45) is 5.92 Å². The average Bonchev–Trinajstić information content (AvgIpc) is 2.31. The van der Waals surface area contributed by atoms with E-state index in [-0.39, 0.29) is 0 Å². The summed E-state index contributed by atoms with van der Waals surface area (Å²) in [7, 11) is 0. The third kappa shape index (κ3) is 4.36. The van der Waals surface area contributed by atoms with Crippen molar-refractivity contribution in [1.82, 2.24) is 5.32 Å². The summed E-state index contributed by atoms with van der Waals surface area (Å²) in [5.41, 5.74) is 1.45. The Labute approximate surface area is 100 Å². The number of hydrogen-bond donors (Lipinski definition) is 1. The minimum atomic E-state index is 0.653. The summed E-state index contributed by atoms with van der Waals surface area (Å²) in [6.07, 6.45) is 3.61. The lowest BCUT2D eigenvalue weighted by Gasteiger charge is -2.24. The van der Waals surface area contributed by atoms with Crippen LogP contribution >= 0.6 is 0 Å². The third-order valence-corrected chi connectivity index (χ3v) is 3.18. The number of hydrogen-bond acceptors (Lipinski definition) is 1. The molecule has 0 aliphatic rings. The Bertz CT molecular complexity index is 268. The molecule has 0 aliphatic carbocycles. The number of nitrogens with one attached hydrogen (secondary N) is 1. The minimum Gasteiger partial charge on any atom is -0.314 e. The van der Waals surface area contributed by atoms with E-state index in [9.17, 15) is 0 Å². The van der Waals surface area contributed by atoms with Crippen LogP contribution in [0.3, 0.4) is 0 Å². The molecule has 0 heterocycles. The molecule has 1 nitrogen and oxygen atoms in total. The Hall–Kier alpha value is -0.820. The summed E-state index contributed by atoms with van der Waals surface area (Å²) in [6.45, 7) is 7.98. The van der Waals surface area contributed by atoms with Gasteiger partial charge in [-0.2, -0.15) is 0 Å². The van der Waals surface area contributed by atoms with E-state index in [0.29, 0.717) is 12.0 Å². The molecule has 2 atom stereocenters. The van der Waals surface area contributed by atoms with Gasteiger partial charge in [0.25, 0.3) is 0 Å². The molecular formula is C15H25N. The highest BCUT2D eigenvalue weighted by molar-refractivity contribution is 5.15. The summed E-state index contributed by atoms with van der Waals surface area (Å²) in [5.74, 6) is 0.707. The SMILES string of the molecule is CCCNC(CC)C(C)Cc1ccccc1. The van der Waals surface area contributed by atoms with E-state index in [1.807, 2.05) is 0 Å². The van der Waals surface area contributed by atoms with E-state index in [0.717, 1.165) is 6.54 Å². The first-order valence-corrected chi connectivity index (χ1v) is 6.55. The van der Waals surface area contributed by atoms with Crippen LogP contribution in [0.15, 0.2) is 30.3 Å². The van der Waals surface area contributed by atoms with Crippen LogP contribution in [0, 0.1) is 5.92 Å². The first-order chi connectivity index (χ1) is 7.77. The maximum absolute atomic E-state index is 3.64. The van der Waals surface area contributed by atoms with Gasteiger partial charge in [-0.3, -0.25) is 0 Å². The van der Waals surface area contributed by atoms with Crippen molar-refractivity contribution < 1.29 is 0 Å². The molecule has 1 N–H and O–H groups in total. The average molecular weight is 219 g/mol. The normalized spacial score (nSPS) is 14.7. The monoisotopic (exact) mass is 219 g/mol. The van der Waals surface area contributed by atoms with Crippen LogP contribution in [-0.4, -0.2) is 12.6 Å². The van der Waals surface area contributed by atoms with Gasteiger partial charge in [0.05, 0.1) is 0 Å². The Kier molecular flexibility index (Phi) is 6.17. The second-order valence-corrected chi connectivity index (χ2v) is 4.64. The van der Waals surface area contributed by atoms with Crippen molar-refractivity contribution in [2.45, 2.75) is 46.1 Å². The van der Waals surface area contributed by atoms with Gasteiger partial charge in [-0.15, -0.1) is 0 Å². The highest BCUT2D eigenvalue weighted by Gasteiger charge is 2.14. The summed E-state index contributed by atoms with van der Waals surface area (Å²) in [4.78, 5) is 0. The molecule has 16 heavy (non-hydrogen) atoms. The molecule has 1 rings (SSSR count). The van der Waals surface area contributed by atoms with Crippen LogP contribution in [0.1, 0.15) is 39.2 Å². The Morgan fingerprint density at radius 2 is 1.81 bits per heavy atom. The van der Waals surface area contributed by atoms with Gasteiger partial charge >= 0.3 is 0 Å². The first kappa shape index (κ1) is 13.2. The quantitative estimate of drug-likeness (QED) is 0.738. The van der Waals surface area contributed by atoms with Gasteiger partial charge in [0.1, 0.15) is 0 Å². The molecule has 1 heteroatoms. The summed E-state index contributed by atoms with van der Waals surface area (Å²) in [6, 6.07) is 11.4. The maximum atomic E-state index is 3.64. The molecule has 1 aromatic rings. The zero-order valence-electron chi connectivity index (χ0n) is 10.9. The molecule has 2 unspecified atom stereocenters. The van der Waals surface area contributed by atoms with Crippen molar-refractivity contribution >= 4 is 0 Å². The van der Waals surface area contributed by atoms with Crippen LogP contribution < -0.4 is 5.32 Å². The van der Waals surface area contributed by atoms with Gasteiger partial charge in [-0.25, -0.2) is 0 Å². The molecular weight excluding hydrogens is 194 g/mol. The van der Waals surface area contributed by atoms with Gasteiger partial charge in [0, 0.05) is 6.04 Å². The zero-order valence-corrected chi connectivity index (χ0v) is 10.9. The smallest absolute Gasteiger partial charge is 0.00932 e. The van der Waals surface area contributed by atoms with E-state index in [4.69, 9.17) is 0 Å². The van der Waals surface area contributed by atoms with Gasteiger partial charge in [0.15, 0.2) is 0 Å². The predicted octanol–water partition coefficient (Wildman–Crippen LogP) is 3.64. The summed E-state index contributed by atoms with van der Waals surface area (Å²) < 4.78 is 0. The lowest BCUT2D eigenvalue weighted by Crippen LogP contribution is -2.35. The van der Waals surface area contributed by atoms with E-state index >= 15 is 0 Å². The number of benzene rings is 1. The molecule has 0 bridgehead atoms. The fourth-order valence-electron chi connectivity index (χ4n) is 2.21. The lowest BCUT2D eigenvalue weighted by atomic mass is 9.92. The van der Waals surface area contributed by atoms with Gasteiger partial charge in [0.2, 0.25) is 0 Å². The van der Waals surface area contributed by atoms with E-state index < -0.39 is 0 Å². The van der Waals surface area contributed by atoms with Gasteiger partial charge < -0.3 is 5.32 Å². The van der Waals surface area contributed by atoms with Crippen molar-refractivity contribution in [2.75, 3.05) is 6.54 Å². The summed E-state index contributed by atoms with van der Waals surface area (Å²) in [5, 5.41) is 3.64. The van der Waals surface area contributed by atoms with Crippen molar-refractivity contribution in [3.05, 3.63) is 35.9 Å². The molecule has 0 saturated carbocycles. The van der Waals surface area contributed by atoms with Gasteiger partial charge in [-0.05, 0) is 37.3 Å². The molecule has 0 aliphatic heterocycles. The van der Waals surface area contributed by atoms with Gasteiger partial charge in [-0.1, -0.05) is 51.1 Å². The van der Waals surface area contributed by atoms with Crippen LogP contribution in [0.4, 0.5) is 0 Å². The fourth-order valence-corrected chi connectivity index (χ4v) is 2.21.